The van der Waals surface area contributed by atoms with E-state index in [4.69, 9.17) is 16.3 Å². The fourth-order valence-corrected chi connectivity index (χ4v) is 4.31. The average Bonchev–Trinajstić information content (AvgIpc) is 3.41. The predicted molar refractivity (Wildman–Crippen MR) is 132 cm³/mol. The van der Waals surface area contributed by atoms with Gasteiger partial charge in [-0.1, -0.05) is 29.8 Å². The van der Waals surface area contributed by atoms with E-state index in [0.717, 1.165) is 17.6 Å². The molecule has 2 aromatic carbocycles. The first-order chi connectivity index (χ1) is 17.5. The second kappa shape index (κ2) is 9.99. The molecule has 0 bridgehead atoms. The van der Waals surface area contributed by atoms with Crippen LogP contribution >= 0.6 is 11.6 Å². The molecule has 1 N–H and O–H groups in total. The van der Waals surface area contributed by atoms with Gasteiger partial charge in [0.15, 0.2) is 6.61 Å². The second-order valence-corrected chi connectivity index (χ2v) is 8.65. The Morgan fingerprint density at radius 3 is 2.59 bits per heavy atom. The number of Topliss-reactive ketones (excluding diaryl/α,β-unsaturated/α-hetero) is 1. The molecule has 0 unspecified atom stereocenters. The fraction of sp³-hybridized carbons (Fsp3) is 0.148. The van der Waals surface area contributed by atoms with Gasteiger partial charge in [0.1, 0.15) is 11.6 Å². The van der Waals surface area contributed by atoms with E-state index < -0.39 is 35.1 Å². The quantitative estimate of drug-likeness (QED) is 0.133. The number of para-hydroxylation sites is 1. The second-order valence-electron chi connectivity index (χ2n) is 8.24. The molecule has 6 nitrogen and oxygen atoms in total. The zero-order chi connectivity index (χ0) is 26.9. The van der Waals surface area contributed by atoms with E-state index in [9.17, 15) is 28.0 Å². The van der Waals surface area contributed by atoms with Crippen LogP contribution < -0.4 is 0 Å². The summed E-state index contributed by atoms with van der Waals surface area (Å²) in [5.74, 6) is -1.43. The summed E-state index contributed by atoms with van der Waals surface area (Å²) in [5.41, 5.74) is 1.48. The Kier molecular flexibility index (Phi) is 6.96. The third-order valence-electron chi connectivity index (χ3n) is 5.85. The normalized spacial score (nSPS) is 12.0. The Bertz CT molecular complexity index is 1610. The molecule has 0 saturated carbocycles. The lowest BCUT2D eigenvalue weighted by molar-refractivity contribution is -0.138. The van der Waals surface area contributed by atoms with Crippen molar-refractivity contribution >= 4 is 40.3 Å². The number of rotatable bonds is 6. The molecular weight excluding hydrogens is 507 g/mol. The van der Waals surface area contributed by atoms with Gasteiger partial charge in [-0.25, -0.2) is 4.79 Å². The average molecular weight is 526 g/mol. The summed E-state index contributed by atoms with van der Waals surface area (Å²) >= 11 is 5.74. The highest BCUT2D eigenvalue weighted by atomic mass is 35.5. The van der Waals surface area contributed by atoms with Crippen LogP contribution in [0.4, 0.5) is 13.2 Å². The molecule has 2 heterocycles. The highest BCUT2D eigenvalue weighted by molar-refractivity contribution is 6.31. The number of aromatic nitrogens is 2. The number of hydrogen-bond acceptors (Lipinski definition) is 4. The van der Waals surface area contributed by atoms with Crippen LogP contribution in [-0.2, 0) is 15.7 Å². The number of fused-ring (bicyclic) bond motifs is 1. The molecular formula is C27H19ClF3N3O3. The van der Waals surface area contributed by atoms with Gasteiger partial charge in [0, 0.05) is 39.7 Å². The molecule has 0 saturated heterocycles. The van der Waals surface area contributed by atoms with Crippen molar-refractivity contribution in [2.75, 3.05) is 6.61 Å². The Labute approximate surface area is 214 Å². The molecule has 0 atom stereocenters. The SMILES string of the molecule is Cc1cc(/C=C(\C#N)C(=O)OCC(=O)c2c[nH]c3ccccc23)c(C)n1-c1ccc(Cl)c(C(F)(F)F)c1. The maximum atomic E-state index is 13.3. The third-order valence-corrected chi connectivity index (χ3v) is 6.18. The number of aromatic amines is 1. The minimum absolute atomic E-state index is 0.219. The number of carbonyl (C=O) groups excluding carboxylic acids is 2. The first-order valence-electron chi connectivity index (χ1n) is 11.0. The first kappa shape index (κ1) is 25.8. The van der Waals surface area contributed by atoms with Crippen LogP contribution in [-0.4, -0.2) is 27.9 Å². The maximum absolute atomic E-state index is 13.3. The number of hydrogen-bond donors (Lipinski definition) is 1. The molecule has 37 heavy (non-hydrogen) atoms. The number of ketones is 1. The monoisotopic (exact) mass is 525 g/mol. The minimum Gasteiger partial charge on any atom is -0.453 e. The van der Waals surface area contributed by atoms with Crippen molar-refractivity contribution in [3.8, 4) is 11.8 Å². The Morgan fingerprint density at radius 2 is 1.89 bits per heavy atom. The summed E-state index contributed by atoms with van der Waals surface area (Å²) in [6, 6.07) is 14.1. The van der Waals surface area contributed by atoms with Crippen LogP contribution in [0.1, 0.15) is 32.9 Å². The molecule has 4 rings (SSSR count). The van der Waals surface area contributed by atoms with E-state index >= 15 is 0 Å². The van der Waals surface area contributed by atoms with Gasteiger partial charge in [0.05, 0.1) is 10.6 Å². The number of alkyl halides is 3. The van der Waals surface area contributed by atoms with Gasteiger partial charge in [-0.05, 0) is 55.8 Å². The largest absolute Gasteiger partial charge is 0.453 e. The molecule has 0 amide bonds. The lowest BCUT2D eigenvalue weighted by atomic mass is 10.1. The fourth-order valence-electron chi connectivity index (χ4n) is 4.08. The molecule has 0 aliphatic rings. The van der Waals surface area contributed by atoms with Crippen molar-refractivity contribution in [1.82, 2.24) is 9.55 Å². The zero-order valence-corrected chi connectivity index (χ0v) is 20.4. The van der Waals surface area contributed by atoms with E-state index in [1.54, 1.807) is 48.7 Å². The summed E-state index contributed by atoms with van der Waals surface area (Å²) in [6.07, 6.45) is -1.83. The number of nitriles is 1. The predicted octanol–water partition coefficient (Wildman–Crippen LogP) is 6.58. The van der Waals surface area contributed by atoms with Crippen molar-refractivity contribution in [3.63, 3.8) is 0 Å². The number of esters is 1. The minimum atomic E-state index is -4.63. The van der Waals surface area contributed by atoms with E-state index in [1.165, 1.54) is 18.3 Å². The van der Waals surface area contributed by atoms with Crippen LogP contribution in [0.15, 0.2) is 60.3 Å². The van der Waals surface area contributed by atoms with Gasteiger partial charge in [-0.3, -0.25) is 4.79 Å². The smallest absolute Gasteiger partial charge is 0.417 e. The van der Waals surface area contributed by atoms with Gasteiger partial charge in [0.2, 0.25) is 5.78 Å². The Hall–Kier alpha value is -4.29. The van der Waals surface area contributed by atoms with E-state index in [1.807, 2.05) is 6.07 Å². The number of halogens is 4. The molecule has 0 radical (unpaired) electrons. The van der Waals surface area contributed by atoms with Gasteiger partial charge in [-0.15, -0.1) is 0 Å². The summed E-state index contributed by atoms with van der Waals surface area (Å²) in [7, 11) is 0. The van der Waals surface area contributed by atoms with Gasteiger partial charge >= 0.3 is 12.1 Å². The van der Waals surface area contributed by atoms with Crippen molar-refractivity contribution in [3.05, 3.63) is 93.4 Å². The lowest BCUT2D eigenvalue weighted by Gasteiger charge is -2.14. The lowest BCUT2D eigenvalue weighted by Crippen LogP contribution is -2.15. The first-order valence-corrected chi connectivity index (χ1v) is 11.3. The summed E-state index contributed by atoms with van der Waals surface area (Å²) in [5, 5.41) is 9.80. The molecule has 0 aliphatic carbocycles. The van der Waals surface area contributed by atoms with Gasteiger partial charge in [-0.2, -0.15) is 18.4 Å². The van der Waals surface area contributed by atoms with Crippen LogP contribution in [0.25, 0.3) is 22.7 Å². The van der Waals surface area contributed by atoms with E-state index in [2.05, 4.69) is 4.98 Å². The standard InChI is InChI=1S/C27H19ClF3N3O3/c1-15-9-17(16(2)34(15)19-7-8-23(28)22(11-19)27(29,30)31)10-18(12-32)26(36)37-14-25(35)21-13-33-24-6-4-3-5-20(21)24/h3-11,13,33H,14H2,1-2H3/b18-10+. The van der Waals surface area contributed by atoms with Crippen LogP contribution in [0.2, 0.25) is 5.02 Å². The zero-order valence-electron chi connectivity index (χ0n) is 19.6. The molecule has 188 valence electrons. The van der Waals surface area contributed by atoms with Crippen molar-refractivity contribution < 1.29 is 27.5 Å². The Balaban J connectivity index is 1.57. The highest BCUT2D eigenvalue weighted by Gasteiger charge is 2.33. The number of carbonyl (C=O) groups is 2. The topological polar surface area (TPSA) is 87.9 Å². The highest BCUT2D eigenvalue weighted by Crippen LogP contribution is 2.36. The number of nitrogens with zero attached hydrogens (tertiary/aromatic N) is 2. The van der Waals surface area contributed by atoms with E-state index in [-0.39, 0.29) is 11.3 Å². The van der Waals surface area contributed by atoms with Gasteiger partial charge < -0.3 is 14.3 Å². The molecule has 2 aromatic heterocycles. The van der Waals surface area contributed by atoms with Crippen molar-refractivity contribution in [2.24, 2.45) is 0 Å². The summed E-state index contributed by atoms with van der Waals surface area (Å²) in [6.45, 7) is 2.75. The summed E-state index contributed by atoms with van der Waals surface area (Å²) < 4.78 is 46.7. The number of ether oxygens (including phenoxy) is 1. The number of aryl methyl sites for hydroxylation is 1. The van der Waals surface area contributed by atoms with Crippen LogP contribution in [0.5, 0.6) is 0 Å². The van der Waals surface area contributed by atoms with E-state index in [0.29, 0.717) is 27.9 Å². The number of benzene rings is 2. The van der Waals surface area contributed by atoms with Crippen LogP contribution in [0, 0.1) is 25.2 Å². The number of H-pyrrole nitrogens is 1. The van der Waals surface area contributed by atoms with Gasteiger partial charge in [0.25, 0.3) is 0 Å². The Morgan fingerprint density at radius 1 is 1.16 bits per heavy atom. The molecule has 0 fully saturated rings. The third kappa shape index (κ3) is 5.15. The van der Waals surface area contributed by atoms with Crippen molar-refractivity contribution in [2.45, 2.75) is 20.0 Å². The maximum Gasteiger partial charge on any atom is 0.417 e. The van der Waals surface area contributed by atoms with Crippen LogP contribution in [0.3, 0.4) is 0 Å². The molecule has 0 spiro atoms. The molecule has 0 aliphatic heterocycles. The molecule has 10 heteroatoms. The number of nitrogens with one attached hydrogen (secondary N) is 1. The molecule has 4 aromatic rings. The summed E-state index contributed by atoms with van der Waals surface area (Å²) in [4.78, 5) is 28.1. The van der Waals surface area contributed by atoms with Crippen molar-refractivity contribution in [1.29, 1.82) is 5.26 Å².